The minimum Gasteiger partial charge on any atom is -0.496 e. The van der Waals surface area contributed by atoms with Crippen molar-refractivity contribution in [1.29, 1.82) is 0 Å². The first-order chi connectivity index (χ1) is 18.3. The average molecular weight is 518 g/mol. The van der Waals surface area contributed by atoms with Crippen molar-refractivity contribution in [2.45, 2.75) is 36.6 Å². The van der Waals surface area contributed by atoms with Crippen LogP contribution in [-0.2, 0) is 22.2 Å². The number of fused-ring (bicyclic) bond motifs is 1. The lowest BCUT2D eigenvalue weighted by Crippen LogP contribution is -2.67. The molecule has 0 aromatic heterocycles. The number of methoxy groups -OCH3 is 2. The van der Waals surface area contributed by atoms with Gasteiger partial charge in [-0.3, -0.25) is 4.79 Å². The Kier molecular flexibility index (Phi) is 6.94. The molecule has 2 fully saturated rings. The van der Waals surface area contributed by atoms with Crippen molar-refractivity contribution in [3.8, 4) is 11.5 Å². The topological polar surface area (TPSA) is 99.5 Å². The van der Waals surface area contributed by atoms with E-state index in [1.165, 1.54) is 7.11 Å². The highest BCUT2D eigenvalue weighted by Crippen LogP contribution is 2.57. The predicted molar refractivity (Wildman–Crippen MR) is 143 cm³/mol. The zero-order valence-electron chi connectivity index (χ0n) is 21.9. The third-order valence-electron chi connectivity index (χ3n) is 8.84. The van der Waals surface area contributed by atoms with E-state index < -0.39 is 29.1 Å². The summed E-state index contributed by atoms with van der Waals surface area (Å²) in [6.07, 6.45) is -2.68. The minimum absolute atomic E-state index is 0.106. The summed E-state index contributed by atoms with van der Waals surface area (Å²) in [6, 6.07) is 24.0. The van der Waals surface area contributed by atoms with Gasteiger partial charge < -0.3 is 29.7 Å². The van der Waals surface area contributed by atoms with Gasteiger partial charge in [0, 0.05) is 35.5 Å². The Morgan fingerprint density at radius 2 is 1.42 bits per heavy atom. The zero-order valence-corrected chi connectivity index (χ0v) is 21.9. The van der Waals surface area contributed by atoms with E-state index >= 15 is 0 Å². The highest BCUT2D eigenvalue weighted by Gasteiger charge is 2.67. The molecule has 1 aliphatic heterocycles. The van der Waals surface area contributed by atoms with Crippen LogP contribution in [0, 0.1) is 11.8 Å². The molecule has 5 rings (SSSR count). The van der Waals surface area contributed by atoms with E-state index in [1.54, 1.807) is 36.3 Å². The van der Waals surface area contributed by atoms with E-state index in [-0.39, 0.29) is 24.8 Å². The lowest BCUT2D eigenvalue weighted by molar-refractivity contribution is -0.221. The van der Waals surface area contributed by atoms with Gasteiger partial charge >= 0.3 is 0 Å². The fraction of sp³-hybridized carbons (Fsp3) is 0.387. The monoisotopic (exact) mass is 517 g/mol. The van der Waals surface area contributed by atoms with Crippen LogP contribution in [0.1, 0.15) is 23.6 Å². The van der Waals surface area contributed by atoms with E-state index in [1.807, 2.05) is 61.5 Å². The second-order valence-corrected chi connectivity index (χ2v) is 10.6. The van der Waals surface area contributed by atoms with Gasteiger partial charge in [-0.2, -0.15) is 0 Å². The molecule has 6 unspecified atom stereocenters. The fourth-order valence-electron chi connectivity index (χ4n) is 6.71. The SMILES string of the molecule is COc1ccccc1CC(=O)N1CC2C(C1)C(O)(c1ccccc1OC)C(O)C(O)C2(C)c1ccccc1. The van der Waals surface area contributed by atoms with Crippen LogP contribution in [0.3, 0.4) is 0 Å². The number of carbonyl (C=O) groups is 1. The van der Waals surface area contributed by atoms with Gasteiger partial charge in [-0.05, 0) is 23.6 Å². The molecule has 1 saturated heterocycles. The molecule has 1 heterocycles. The number of hydrogen-bond donors (Lipinski definition) is 3. The van der Waals surface area contributed by atoms with Gasteiger partial charge in [-0.1, -0.05) is 73.7 Å². The summed E-state index contributed by atoms with van der Waals surface area (Å²) in [5.41, 5.74) is -0.731. The second kappa shape index (κ2) is 10.1. The summed E-state index contributed by atoms with van der Waals surface area (Å²) in [5, 5.41) is 35.7. The quantitative estimate of drug-likeness (QED) is 0.465. The molecule has 3 N–H and O–H groups in total. The van der Waals surface area contributed by atoms with Gasteiger partial charge in [0.1, 0.15) is 23.2 Å². The molecule has 1 amide bonds. The number of aliphatic hydroxyl groups is 3. The number of ether oxygens (including phenoxy) is 2. The number of benzene rings is 3. The number of nitrogens with zero attached hydrogens (tertiary/aromatic N) is 1. The Hall–Kier alpha value is -3.39. The number of aliphatic hydroxyl groups excluding tert-OH is 2. The van der Waals surface area contributed by atoms with Crippen LogP contribution in [0.4, 0.5) is 0 Å². The molecule has 2 aliphatic rings. The Balaban J connectivity index is 1.59. The highest BCUT2D eigenvalue weighted by atomic mass is 16.5. The summed E-state index contributed by atoms with van der Waals surface area (Å²) < 4.78 is 11.0. The van der Waals surface area contributed by atoms with E-state index in [4.69, 9.17) is 9.47 Å². The number of likely N-dealkylation sites (tertiary alicyclic amines) is 1. The molecule has 0 spiro atoms. The first-order valence-electron chi connectivity index (χ1n) is 12.9. The molecule has 38 heavy (non-hydrogen) atoms. The summed E-state index contributed by atoms with van der Waals surface area (Å²) >= 11 is 0. The molecule has 7 heteroatoms. The zero-order chi connectivity index (χ0) is 27.1. The van der Waals surface area contributed by atoms with Crippen LogP contribution in [-0.4, -0.2) is 65.6 Å². The largest absolute Gasteiger partial charge is 0.496 e. The predicted octanol–water partition coefficient (Wildman–Crippen LogP) is 2.90. The number of para-hydroxylation sites is 2. The minimum atomic E-state index is -1.84. The average Bonchev–Trinajstić information content (AvgIpc) is 3.43. The van der Waals surface area contributed by atoms with Crippen molar-refractivity contribution in [3.63, 3.8) is 0 Å². The number of rotatable bonds is 6. The number of carbonyl (C=O) groups excluding carboxylic acids is 1. The van der Waals surface area contributed by atoms with Crippen LogP contribution in [0.25, 0.3) is 0 Å². The smallest absolute Gasteiger partial charge is 0.227 e. The van der Waals surface area contributed by atoms with Gasteiger partial charge in [0.15, 0.2) is 0 Å². The fourth-order valence-corrected chi connectivity index (χ4v) is 6.71. The van der Waals surface area contributed by atoms with Crippen molar-refractivity contribution in [2.24, 2.45) is 11.8 Å². The van der Waals surface area contributed by atoms with Gasteiger partial charge in [0.2, 0.25) is 5.91 Å². The Bertz CT molecular complexity index is 1300. The molecule has 200 valence electrons. The second-order valence-electron chi connectivity index (χ2n) is 10.6. The maximum absolute atomic E-state index is 13.6. The molecule has 7 nitrogen and oxygen atoms in total. The first kappa shape index (κ1) is 26.2. The Morgan fingerprint density at radius 1 is 0.842 bits per heavy atom. The molecule has 1 aliphatic carbocycles. The van der Waals surface area contributed by atoms with Crippen molar-refractivity contribution < 1.29 is 29.6 Å². The lowest BCUT2D eigenvalue weighted by atomic mass is 9.52. The molecular weight excluding hydrogens is 482 g/mol. The Labute approximate surface area is 223 Å². The van der Waals surface area contributed by atoms with Crippen molar-refractivity contribution in [2.75, 3.05) is 27.3 Å². The molecule has 6 atom stereocenters. The third-order valence-corrected chi connectivity index (χ3v) is 8.84. The summed E-state index contributed by atoms with van der Waals surface area (Å²) in [4.78, 5) is 15.4. The summed E-state index contributed by atoms with van der Waals surface area (Å²) in [7, 11) is 3.09. The van der Waals surface area contributed by atoms with Crippen molar-refractivity contribution in [1.82, 2.24) is 4.90 Å². The molecular formula is C31H35NO6. The maximum atomic E-state index is 13.6. The van der Waals surface area contributed by atoms with Crippen LogP contribution in [0.15, 0.2) is 78.9 Å². The molecule has 0 bridgehead atoms. The van der Waals surface area contributed by atoms with E-state index in [9.17, 15) is 20.1 Å². The van der Waals surface area contributed by atoms with Gasteiger partial charge in [-0.25, -0.2) is 0 Å². The van der Waals surface area contributed by atoms with Crippen molar-refractivity contribution in [3.05, 3.63) is 95.6 Å². The lowest BCUT2D eigenvalue weighted by Gasteiger charge is -2.56. The van der Waals surface area contributed by atoms with Gasteiger partial charge in [0.25, 0.3) is 0 Å². The van der Waals surface area contributed by atoms with Crippen LogP contribution >= 0.6 is 0 Å². The number of amides is 1. The maximum Gasteiger partial charge on any atom is 0.227 e. The molecule has 3 aromatic carbocycles. The highest BCUT2D eigenvalue weighted by molar-refractivity contribution is 5.80. The van der Waals surface area contributed by atoms with Crippen LogP contribution < -0.4 is 9.47 Å². The summed E-state index contributed by atoms with van der Waals surface area (Å²) in [6.45, 7) is 2.47. The van der Waals surface area contributed by atoms with Crippen molar-refractivity contribution >= 4 is 5.91 Å². The molecule has 3 aromatic rings. The number of hydrogen-bond acceptors (Lipinski definition) is 6. The standard InChI is InChI=1S/C31H35NO6/c1-30(21-12-5-4-6-13-21)23-18-32(27(33)17-20-11-7-9-15-25(20)37-2)19-24(23)31(36,29(35)28(30)34)22-14-8-10-16-26(22)38-3/h4-16,23-24,28-29,34-36H,17-19H2,1-3H3. The van der Waals surface area contributed by atoms with Crippen LogP contribution in [0.2, 0.25) is 0 Å². The Morgan fingerprint density at radius 3 is 2.11 bits per heavy atom. The van der Waals surface area contributed by atoms with E-state index in [2.05, 4.69) is 0 Å². The normalized spacial score (nSPS) is 30.5. The van der Waals surface area contributed by atoms with Crippen LogP contribution in [0.5, 0.6) is 11.5 Å². The van der Waals surface area contributed by atoms with E-state index in [0.717, 1.165) is 11.1 Å². The first-order valence-corrected chi connectivity index (χ1v) is 12.9. The van der Waals surface area contributed by atoms with E-state index in [0.29, 0.717) is 23.6 Å². The van der Waals surface area contributed by atoms with Gasteiger partial charge in [0.05, 0.1) is 26.7 Å². The summed E-state index contributed by atoms with van der Waals surface area (Å²) in [5.74, 6) is 0.0413. The molecule has 0 radical (unpaired) electrons. The van der Waals surface area contributed by atoms with Gasteiger partial charge in [-0.15, -0.1) is 0 Å². The molecule has 1 saturated carbocycles. The third kappa shape index (κ3) is 3.97.